The lowest BCUT2D eigenvalue weighted by atomic mass is 9.90. The zero-order valence-corrected chi connectivity index (χ0v) is 20.3. The highest BCUT2D eigenvalue weighted by Crippen LogP contribution is 2.42. The highest BCUT2D eigenvalue weighted by atomic mass is 32.1. The number of rotatable bonds is 3. The average molecular weight is 479 g/mol. The Hall–Kier alpha value is -3.01. The van der Waals surface area contributed by atoms with E-state index in [4.69, 9.17) is 24.2 Å². The molecule has 5 heterocycles. The van der Waals surface area contributed by atoms with Gasteiger partial charge in [-0.15, -0.1) is 11.3 Å². The summed E-state index contributed by atoms with van der Waals surface area (Å²) in [6.07, 6.45) is 2.35. The number of hydrogen-bond donors (Lipinski definition) is 0. The molecule has 2 aliphatic heterocycles. The van der Waals surface area contributed by atoms with Gasteiger partial charge in [-0.1, -0.05) is 6.07 Å². The molecule has 3 aromatic heterocycles. The molecule has 0 saturated carbocycles. The first-order valence-electron chi connectivity index (χ1n) is 11.4. The Morgan fingerprint density at radius 1 is 1.18 bits per heavy atom. The lowest BCUT2D eigenvalue weighted by molar-refractivity contribution is -0.0396. The van der Waals surface area contributed by atoms with Gasteiger partial charge in [-0.3, -0.25) is 9.36 Å². The number of anilines is 1. The Bertz CT molecular complexity index is 1470. The Balaban J connectivity index is 1.60. The van der Waals surface area contributed by atoms with Crippen LogP contribution >= 0.6 is 11.3 Å². The number of pyridine rings is 1. The summed E-state index contributed by atoms with van der Waals surface area (Å²) in [6, 6.07) is 7.43. The van der Waals surface area contributed by atoms with Crippen molar-refractivity contribution >= 4 is 37.6 Å². The van der Waals surface area contributed by atoms with E-state index in [9.17, 15) is 4.79 Å². The Labute approximate surface area is 200 Å². The maximum Gasteiger partial charge on any atom is 0.275 e. The zero-order chi connectivity index (χ0) is 23.4. The Morgan fingerprint density at radius 3 is 2.79 bits per heavy atom. The highest BCUT2D eigenvalue weighted by molar-refractivity contribution is 7.25. The summed E-state index contributed by atoms with van der Waals surface area (Å²) in [5.41, 5.74) is 3.34. The van der Waals surface area contributed by atoms with Crippen LogP contribution in [0.5, 0.6) is 5.75 Å². The molecule has 0 bridgehead atoms. The van der Waals surface area contributed by atoms with Gasteiger partial charge in [0, 0.05) is 36.5 Å². The molecule has 0 radical (unpaired) electrons. The van der Waals surface area contributed by atoms with E-state index in [1.165, 1.54) is 16.9 Å². The minimum Gasteiger partial charge on any atom is -0.497 e. The van der Waals surface area contributed by atoms with Crippen molar-refractivity contribution in [3.8, 4) is 11.4 Å². The summed E-state index contributed by atoms with van der Waals surface area (Å²) in [7, 11) is 1.61. The number of hydrogen-bond acceptors (Lipinski definition) is 8. The molecule has 0 N–H and O–H groups in total. The van der Waals surface area contributed by atoms with Gasteiger partial charge in [0.05, 0.1) is 43.7 Å². The number of morpholine rings is 1. The second-order valence-corrected chi connectivity index (χ2v) is 10.3. The van der Waals surface area contributed by atoms with Gasteiger partial charge in [0.1, 0.15) is 27.4 Å². The fourth-order valence-corrected chi connectivity index (χ4v) is 5.91. The van der Waals surface area contributed by atoms with Gasteiger partial charge in [-0.05, 0) is 31.5 Å². The summed E-state index contributed by atoms with van der Waals surface area (Å²) in [5.74, 6) is 1.63. The number of aromatic nitrogens is 3. The topological polar surface area (TPSA) is 78.7 Å². The van der Waals surface area contributed by atoms with Crippen LogP contribution in [0.4, 0.5) is 5.82 Å². The number of thiophene rings is 1. The van der Waals surface area contributed by atoms with Crippen molar-refractivity contribution in [2.45, 2.75) is 32.5 Å². The van der Waals surface area contributed by atoms with E-state index in [1.54, 1.807) is 18.0 Å². The zero-order valence-electron chi connectivity index (χ0n) is 19.5. The van der Waals surface area contributed by atoms with Gasteiger partial charge in [-0.2, -0.15) is 0 Å². The molecule has 0 amide bonds. The third-order valence-corrected chi connectivity index (χ3v) is 7.64. The molecule has 4 aromatic rings. The van der Waals surface area contributed by atoms with Gasteiger partial charge in [-0.25, -0.2) is 9.97 Å². The maximum atomic E-state index is 13.6. The fraction of sp³-hybridized carbons (Fsp3) is 0.400. The summed E-state index contributed by atoms with van der Waals surface area (Å²) < 4.78 is 19.3. The molecular formula is C25H26N4O4S. The van der Waals surface area contributed by atoms with Crippen molar-refractivity contribution in [2.24, 2.45) is 0 Å². The van der Waals surface area contributed by atoms with Crippen LogP contribution in [0.25, 0.3) is 26.1 Å². The molecule has 8 nitrogen and oxygen atoms in total. The minimum atomic E-state index is -0.298. The van der Waals surface area contributed by atoms with E-state index in [-0.39, 0.29) is 11.2 Å². The van der Waals surface area contributed by atoms with Crippen LogP contribution in [0.2, 0.25) is 0 Å². The van der Waals surface area contributed by atoms with E-state index in [0.29, 0.717) is 30.3 Å². The van der Waals surface area contributed by atoms with Crippen LogP contribution in [-0.2, 0) is 22.5 Å². The lowest BCUT2D eigenvalue weighted by Gasteiger charge is -2.36. The predicted molar refractivity (Wildman–Crippen MR) is 133 cm³/mol. The van der Waals surface area contributed by atoms with Crippen molar-refractivity contribution in [1.29, 1.82) is 0 Å². The molecule has 0 atom stereocenters. The number of fused-ring (bicyclic) bond motifs is 5. The van der Waals surface area contributed by atoms with E-state index >= 15 is 0 Å². The summed E-state index contributed by atoms with van der Waals surface area (Å²) in [4.78, 5) is 26.6. The summed E-state index contributed by atoms with van der Waals surface area (Å²) in [5, 5.41) is 0.985. The van der Waals surface area contributed by atoms with Crippen LogP contribution in [0, 0.1) is 0 Å². The smallest absolute Gasteiger partial charge is 0.275 e. The Morgan fingerprint density at radius 2 is 2.00 bits per heavy atom. The monoisotopic (exact) mass is 478 g/mol. The SMILES string of the molecule is COc1cccc(-n2cnc3c(sc4nc(N5CCOCC5)c5c(c43)CC(C)(C)OC5)c2=O)c1. The standard InChI is InChI=1S/C25H26N4O4S/c1-25(2)12-17-18(13-33-25)22(28-7-9-32-10-8-28)27-23-19(17)20-21(34-23)24(30)29(14-26-20)15-5-4-6-16(11-15)31-3/h4-6,11,14H,7-10,12-13H2,1-3H3. The molecule has 6 rings (SSSR count). The second kappa shape index (κ2) is 8.04. The summed E-state index contributed by atoms with van der Waals surface area (Å²) >= 11 is 1.42. The molecule has 1 aromatic carbocycles. The van der Waals surface area contributed by atoms with E-state index in [2.05, 4.69) is 18.7 Å². The molecule has 1 fully saturated rings. The second-order valence-electron chi connectivity index (χ2n) is 9.30. The van der Waals surface area contributed by atoms with Gasteiger partial charge >= 0.3 is 0 Å². The molecule has 34 heavy (non-hydrogen) atoms. The molecule has 176 valence electrons. The van der Waals surface area contributed by atoms with Crippen LogP contribution in [-0.4, -0.2) is 53.5 Å². The van der Waals surface area contributed by atoms with Gasteiger partial charge in [0.25, 0.3) is 5.56 Å². The van der Waals surface area contributed by atoms with Crippen LogP contribution < -0.4 is 15.2 Å². The first kappa shape index (κ1) is 21.5. The number of benzene rings is 1. The minimum absolute atomic E-state index is 0.103. The van der Waals surface area contributed by atoms with Crippen molar-refractivity contribution in [3.05, 3.63) is 52.1 Å². The lowest BCUT2D eigenvalue weighted by Crippen LogP contribution is -2.39. The Kier molecular flexibility index (Phi) is 5.09. The molecular weight excluding hydrogens is 452 g/mol. The summed E-state index contributed by atoms with van der Waals surface area (Å²) in [6.45, 7) is 7.65. The molecule has 0 aliphatic carbocycles. The molecule has 1 saturated heterocycles. The fourth-order valence-electron chi connectivity index (χ4n) is 4.83. The number of nitrogens with zero attached hydrogens (tertiary/aromatic N) is 4. The maximum absolute atomic E-state index is 13.6. The van der Waals surface area contributed by atoms with E-state index in [0.717, 1.165) is 52.3 Å². The van der Waals surface area contributed by atoms with E-state index < -0.39 is 0 Å². The predicted octanol–water partition coefficient (Wildman–Crippen LogP) is 3.69. The van der Waals surface area contributed by atoms with Crippen LogP contribution in [0.3, 0.4) is 0 Å². The largest absolute Gasteiger partial charge is 0.497 e. The molecule has 0 spiro atoms. The van der Waals surface area contributed by atoms with Crippen molar-refractivity contribution in [1.82, 2.24) is 14.5 Å². The van der Waals surface area contributed by atoms with Crippen molar-refractivity contribution in [2.75, 3.05) is 38.3 Å². The molecule has 2 aliphatic rings. The third-order valence-electron chi connectivity index (χ3n) is 6.58. The first-order valence-corrected chi connectivity index (χ1v) is 12.2. The first-order chi connectivity index (χ1) is 16.4. The van der Waals surface area contributed by atoms with Crippen LogP contribution in [0.15, 0.2) is 35.4 Å². The molecule has 0 unspecified atom stereocenters. The number of ether oxygens (including phenoxy) is 3. The average Bonchev–Trinajstić information content (AvgIpc) is 3.23. The van der Waals surface area contributed by atoms with Crippen LogP contribution in [0.1, 0.15) is 25.0 Å². The third kappa shape index (κ3) is 3.46. The van der Waals surface area contributed by atoms with E-state index in [1.807, 2.05) is 24.3 Å². The molecule has 9 heteroatoms. The van der Waals surface area contributed by atoms with Gasteiger partial charge < -0.3 is 19.1 Å². The quantitative estimate of drug-likeness (QED) is 0.444. The van der Waals surface area contributed by atoms with Crippen molar-refractivity contribution < 1.29 is 14.2 Å². The van der Waals surface area contributed by atoms with Gasteiger partial charge in [0.15, 0.2) is 0 Å². The number of methoxy groups -OCH3 is 1. The normalized spacial score (nSPS) is 17.8. The highest BCUT2D eigenvalue weighted by Gasteiger charge is 2.33. The van der Waals surface area contributed by atoms with Crippen molar-refractivity contribution in [3.63, 3.8) is 0 Å². The van der Waals surface area contributed by atoms with Gasteiger partial charge in [0.2, 0.25) is 0 Å².